The molecule has 0 unspecified atom stereocenters. The van der Waals surface area contributed by atoms with Gasteiger partial charge in [-0.05, 0) is 25.3 Å². The maximum absolute atomic E-state index is 10.4. The Morgan fingerprint density at radius 1 is 1.38 bits per heavy atom. The van der Waals surface area contributed by atoms with Gasteiger partial charge in [-0.15, -0.1) is 0 Å². The van der Waals surface area contributed by atoms with Crippen LogP contribution in [0.25, 0.3) is 0 Å². The summed E-state index contributed by atoms with van der Waals surface area (Å²) >= 11 is 0. The average molecular weight is 186 g/mol. The monoisotopic (exact) mass is 186 g/mol. The summed E-state index contributed by atoms with van der Waals surface area (Å²) in [5.41, 5.74) is 0.821. The van der Waals surface area contributed by atoms with Gasteiger partial charge in [-0.3, -0.25) is 0 Å². The van der Waals surface area contributed by atoms with E-state index >= 15 is 0 Å². The van der Waals surface area contributed by atoms with Crippen molar-refractivity contribution in [3.05, 3.63) is 11.6 Å². The molecule has 13 heavy (non-hydrogen) atoms. The zero-order valence-corrected chi connectivity index (χ0v) is 8.70. The molecule has 0 rings (SSSR count). The van der Waals surface area contributed by atoms with Gasteiger partial charge in [0.15, 0.2) is 0 Å². The summed E-state index contributed by atoms with van der Waals surface area (Å²) in [5.74, 6) is -0.689. The highest BCUT2D eigenvalue weighted by Crippen LogP contribution is 2.10. The van der Waals surface area contributed by atoms with Crippen LogP contribution in [-0.4, -0.2) is 23.8 Å². The summed E-state index contributed by atoms with van der Waals surface area (Å²) in [7, 11) is 0. The molecule has 0 fully saturated rings. The zero-order chi connectivity index (χ0) is 10.4. The van der Waals surface area contributed by atoms with E-state index in [0.717, 1.165) is 5.57 Å². The molecule has 0 aromatic rings. The predicted octanol–water partition coefficient (Wildman–Crippen LogP) is 2.08. The molecule has 0 atom stereocenters. The number of hydrogen-bond donors (Lipinski definition) is 1. The highest BCUT2D eigenvalue weighted by atomic mass is 16.5. The van der Waals surface area contributed by atoms with Crippen LogP contribution in [0.3, 0.4) is 0 Å². The van der Waals surface area contributed by atoms with Gasteiger partial charge in [0.05, 0.1) is 12.7 Å². The van der Waals surface area contributed by atoms with Crippen molar-refractivity contribution in [3.63, 3.8) is 0 Å². The van der Waals surface area contributed by atoms with Gasteiger partial charge in [-0.2, -0.15) is 0 Å². The van der Waals surface area contributed by atoms with Crippen LogP contribution in [-0.2, 0) is 9.53 Å². The molecule has 0 aromatic heterocycles. The summed E-state index contributed by atoms with van der Waals surface area (Å²) in [6.45, 7) is 8.18. The minimum absolute atomic E-state index is 0.135. The van der Waals surface area contributed by atoms with Gasteiger partial charge in [0.1, 0.15) is 0 Å². The lowest BCUT2D eigenvalue weighted by atomic mass is 10.0. The Hall–Kier alpha value is -0.830. The molecule has 0 bridgehead atoms. The summed E-state index contributed by atoms with van der Waals surface area (Å²) < 4.78 is 5.33. The smallest absolute Gasteiger partial charge is 0.328 e. The van der Waals surface area contributed by atoms with Gasteiger partial charge < -0.3 is 9.84 Å². The van der Waals surface area contributed by atoms with Crippen molar-refractivity contribution >= 4 is 5.97 Å². The van der Waals surface area contributed by atoms with Crippen molar-refractivity contribution in [1.82, 2.24) is 0 Å². The highest BCUT2D eigenvalue weighted by molar-refractivity contribution is 5.80. The molecule has 0 aliphatic heterocycles. The molecule has 0 spiro atoms. The van der Waals surface area contributed by atoms with E-state index in [2.05, 4.69) is 0 Å². The van der Waals surface area contributed by atoms with Crippen molar-refractivity contribution < 1.29 is 14.6 Å². The number of ether oxygens (including phenoxy) is 1. The van der Waals surface area contributed by atoms with Crippen LogP contribution in [0.1, 0.15) is 27.7 Å². The van der Waals surface area contributed by atoms with E-state index < -0.39 is 5.97 Å². The van der Waals surface area contributed by atoms with Gasteiger partial charge in [0.25, 0.3) is 0 Å². The molecule has 0 heterocycles. The number of hydrogen-bond acceptors (Lipinski definition) is 2. The molecule has 0 aliphatic rings. The Morgan fingerprint density at radius 3 is 2.23 bits per heavy atom. The van der Waals surface area contributed by atoms with E-state index in [1.165, 1.54) is 6.08 Å². The van der Waals surface area contributed by atoms with Crippen LogP contribution in [0, 0.1) is 5.92 Å². The van der Waals surface area contributed by atoms with Crippen molar-refractivity contribution in [2.75, 3.05) is 6.61 Å². The van der Waals surface area contributed by atoms with Crippen molar-refractivity contribution in [2.45, 2.75) is 33.8 Å². The molecule has 0 radical (unpaired) electrons. The molecule has 3 nitrogen and oxygen atoms in total. The number of aliphatic carboxylic acids is 1. The fourth-order valence-corrected chi connectivity index (χ4v) is 0.796. The number of rotatable bonds is 5. The number of carboxylic acids is 1. The van der Waals surface area contributed by atoms with Gasteiger partial charge in [-0.1, -0.05) is 13.8 Å². The zero-order valence-electron chi connectivity index (χ0n) is 8.70. The van der Waals surface area contributed by atoms with E-state index in [1.54, 1.807) is 0 Å². The number of carboxylic acid groups (broad SMARTS) is 1. The normalized spacial score (nSPS) is 12.6. The van der Waals surface area contributed by atoms with Gasteiger partial charge in [0.2, 0.25) is 0 Å². The van der Waals surface area contributed by atoms with E-state index in [9.17, 15) is 4.79 Å². The third-order valence-electron chi connectivity index (χ3n) is 1.63. The molecule has 1 N–H and O–H groups in total. The highest BCUT2D eigenvalue weighted by Gasteiger charge is 2.06. The Kier molecular flexibility index (Phi) is 5.39. The quantitative estimate of drug-likeness (QED) is 0.669. The van der Waals surface area contributed by atoms with Crippen LogP contribution < -0.4 is 0 Å². The van der Waals surface area contributed by atoms with Gasteiger partial charge in [-0.25, -0.2) is 4.79 Å². The Labute approximate surface area is 79.4 Å². The third-order valence-corrected chi connectivity index (χ3v) is 1.63. The fraction of sp³-hybridized carbons (Fsp3) is 0.700. The summed E-state index contributed by atoms with van der Waals surface area (Å²) in [4.78, 5) is 10.4. The first-order valence-electron chi connectivity index (χ1n) is 4.48. The molecule has 0 aliphatic carbocycles. The molecule has 0 aromatic carbocycles. The second kappa shape index (κ2) is 5.75. The minimum atomic E-state index is -0.906. The second-order valence-corrected chi connectivity index (χ2v) is 3.57. The van der Waals surface area contributed by atoms with Gasteiger partial charge >= 0.3 is 5.97 Å². The van der Waals surface area contributed by atoms with Crippen LogP contribution in [0.5, 0.6) is 0 Å². The molecular weight excluding hydrogens is 168 g/mol. The average Bonchev–Trinajstić information content (AvgIpc) is 1.96. The van der Waals surface area contributed by atoms with E-state index in [0.29, 0.717) is 6.61 Å². The first-order chi connectivity index (χ1) is 5.93. The first-order valence-corrected chi connectivity index (χ1v) is 4.48. The van der Waals surface area contributed by atoms with E-state index in [1.807, 2.05) is 27.7 Å². The molecule has 3 heteroatoms. The second-order valence-electron chi connectivity index (χ2n) is 3.57. The third kappa shape index (κ3) is 6.34. The Balaban J connectivity index is 4.19. The predicted molar refractivity (Wildman–Crippen MR) is 51.6 cm³/mol. The lowest BCUT2D eigenvalue weighted by Crippen LogP contribution is -2.11. The van der Waals surface area contributed by atoms with Crippen molar-refractivity contribution in [2.24, 2.45) is 5.92 Å². The molecule has 0 saturated heterocycles. The van der Waals surface area contributed by atoms with Crippen LogP contribution >= 0.6 is 0 Å². The molecular formula is C10H18O3. The lowest BCUT2D eigenvalue weighted by Gasteiger charge is -2.13. The lowest BCUT2D eigenvalue weighted by molar-refractivity contribution is -0.131. The molecule has 76 valence electrons. The SMILES string of the molecule is CC(C)OC/C(=C/C(=O)O)C(C)C. The topological polar surface area (TPSA) is 46.5 Å². The van der Waals surface area contributed by atoms with Gasteiger partial charge in [0, 0.05) is 6.08 Å². The summed E-state index contributed by atoms with van der Waals surface area (Å²) in [6, 6.07) is 0. The van der Waals surface area contributed by atoms with Crippen LogP contribution in [0.15, 0.2) is 11.6 Å². The largest absolute Gasteiger partial charge is 0.478 e. The first kappa shape index (κ1) is 12.2. The standard InChI is InChI=1S/C10H18O3/c1-7(2)9(5-10(11)12)6-13-8(3)4/h5,7-8H,6H2,1-4H3,(H,11,12)/b9-5-. The maximum Gasteiger partial charge on any atom is 0.328 e. The van der Waals surface area contributed by atoms with Crippen LogP contribution in [0.2, 0.25) is 0 Å². The minimum Gasteiger partial charge on any atom is -0.478 e. The van der Waals surface area contributed by atoms with E-state index in [-0.39, 0.29) is 12.0 Å². The summed E-state index contributed by atoms with van der Waals surface area (Å²) in [6.07, 6.45) is 1.36. The Bertz CT molecular complexity index is 192. The fourth-order valence-electron chi connectivity index (χ4n) is 0.796. The Morgan fingerprint density at radius 2 is 1.92 bits per heavy atom. The molecule has 0 amide bonds. The summed E-state index contributed by atoms with van der Waals surface area (Å²) in [5, 5.41) is 8.57. The van der Waals surface area contributed by atoms with E-state index in [4.69, 9.17) is 9.84 Å². The van der Waals surface area contributed by atoms with Crippen molar-refractivity contribution in [3.8, 4) is 0 Å². The van der Waals surface area contributed by atoms with Crippen molar-refractivity contribution in [1.29, 1.82) is 0 Å². The number of carbonyl (C=O) groups is 1. The van der Waals surface area contributed by atoms with Crippen LogP contribution in [0.4, 0.5) is 0 Å². The molecule has 0 saturated carbocycles. The maximum atomic E-state index is 10.4.